The Balaban J connectivity index is 0.000000317. The number of rotatable bonds is 7. The fraction of sp³-hybridized carbons (Fsp3) is 0.167. The van der Waals surface area contributed by atoms with Crippen molar-refractivity contribution in [2.75, 3.05) is 24.1 Å². The Labute approximate surface area is 266 Å². The van der Waals surface area contributed by atoms with Crippen molar-refractivity contribution in [2.45, 2.75) is 5.79 Å². The zero-order valence-corrected chi connectivity index (χ0v) is 30.1. The van der Waals surface area contributed by atoms with Gasteiger partial charge in [0.15, 0.2) is 7.14 Å². The van der Waals surface area contributed by atoms with Crippen LogP contribution >= 0.6 is 0 Å². The molecule has 12 heteroatoms. The van der Waals surface area contributed by atoms with Crippen LogP contribution in [-0.4, -0.2) is 49.3 Å². The Bertz CT molecular complexity index is 1260. The molecule has 0 aromatic heterocycles. The van der Waals surface area contributed by atoms with Crippen LogP contribution in [0.15, 0.2) is 121 Å². The van der Waals surface area contributed by atoms with Crippen molar-refractivity contribution in [2.24, 2.45) is 0 Å². The van der Waals surface area contributed by atoms with Gasteiger partial charge < -0.3 is 9.47 Å². The number of alkyl halides is 2. The molecule has 0 radical (unpaired) electrons. The monoisotopic (exact) mass is 929 g/mol. The molecule has 0 N–H and O–H groups in total. The molecule has 0 bridgehead atoms. The molecule has 4 aromatic rings. The maximum atomic E-state index is 12.7. The minimum atomic E-state index is -11.2. The second-order valence-corrected chi connectivity index (χ2v) is 18.1. The van der Waals surface area contributed by atoms with E-state index in [2.05, 4.69) is 70.5 Å². The van der Waals surface area contributed by atoms with Crippen molar-refractivity contribution in [3.05, 3.63) is 140 Å². The van der Waals surface area contributed by atoms with Gasteiger partial charge in [-0.15, -0.1) is 0 Å². The molecule has 230 valence electrons. The normalized spacial score (nSPS) is 12.4. The number of hydrogen-bond donors (Lipinski definition) is 0. The molecule has 42 heavy (non-hydrogen) atoms. The van der Waals surface area contributed by atoms with Gasteiger partial charge in [0, 0.05) is 25.3 Å². The molecular formula is C30H32F6I2O3Sb+. The Morgan fingerprint density at radius 1 is 0.571 bits per heavy atom. The molecule has 0 saturated carbocycles. The Morgan fingerprint density at radius 2 is 0.857 bits per heavy atom. The van der Waals surface area contributed by atoms with Gasteiger partial charge in [0.05, 0.1) is 0 Å². The number of carbonyl (C=O) groups excluding carboxylic acids is 1. The number of Topliss-reactive ketones (excluding diaryl/α,β-unsaturated/α-hetero) is 1. The first kappa shape index (κ1) is 38.4. The van der Waals surface area contributed by atoms with E-state index in [0.29, 0.717) is 53.5 Å². The first-order chi connectivity index (χ1) is 19.6. The van der Waals surface area contributed by atoms with Gasteiger partial charge in [-0.1, -0.05) is 97.1 Å². The summed E-state index contributed by atoms with van der Waals surface area (Å²) in [6, 6.07) is 39.4. The predicted octanol–water partition coefficient (Wildman–Crippen LogP) is 2.31. The molecule has 0 amide bonds. The van der Waals surface area contributed by atoms with E-state index in [-0.39, 0.29) is 5.78 Å². The number of halogens is 8. The summed E-state index contributed by atoms with van der Waals surface area (Å²) in [5, 5.41) is 0. The van der Waals surface area contributed by atoms with Gasteiger partial charge in [0.2, 0.25) is 5.78 Å². The predicted molar refractivity (Wildman–Crippen MR) is 147 cm³/mol. The molecular weight excluding hydrogens is 898 g/mol. The van der Waals surface area contributed by atoms with Crippen LogP contribution in [0, 0.1) is 7.14 Å². The molecule has 0 aliphatic heterocycles. The summed E-state index contributed by atoms with van der Waals surface area (Å²) in [5.74, 6) is -1.62. The number of hydrogen-bond acceptors (Lipinski definition) is 3. The van der Waals surface area contributed by atoms with Crippen LogP contribution in [0.3, 0.4) is 0 Å². The van der Waals surface area contributed by atoms with Crippen molar-refractivity contribution < 1.29 is 73.6 Å². The second-order valence-electron chi connectivity index (χ2n) is 8.01. The van der Waals surface area contributed by atoms with Gasteiger partial charge in [-0.2, -0.15) is 0 Å². The van der Waals surface area contributed by atoms with Crippen molar-refractivity contribution in [3.63, 3.8) is 0 Å². The van der Waals surface area contributed by atoms with Crippen LogP contribution in [0.1, 0.15) is 15.9 Å². The topological polar surface area (TPSA) is 35.5 Å². The SMILES string of the molecule is COC(OC)(C(=O)c1ccccc1)c1ccccc1.C[I+]c1ccccc1.C[I+]c1ccccc1.[F][Sb-]([F])([F])([F])([F])[F]. The van der Waals surface area contributed by atoms with Gasteiger partial charge in [0.25, 0.3) is 5.79 Å². The van der Waals surface area contributed by atoms with Crippen LogP contribution in [-0.2, 0) is 15.3 Å². The molecule has 4 aromatic carbocycles. The molecule has 0 aliphatic carbocycles. The average Bonchev–Trinajstić information content (AvgIpc) is 2.99. The molecule has 3 nitrogen and oxygen atoms in total. The summed E-state index contributed by atoms with van der Waals surface area (Å²) < 4.78 is 73.4. The zero-order chi connectivity index (χ0) is 31.8. The molecule has 0 atom stereocenters. The van der Waals surface area contributed by atoms with Crippen LogP contribution in [0.5, 0.6) is 0 Å². The number of ether oxygens (including phenoxy) is 2. The Morgan fingerprint density at radius 3 is 1.12 bits per heavy atom. The third-order valence-corrected chi connectivity index (χ3v) is 8.90. The summed E-state index contributed by atoms with van der Waals surface area (Å²) in [6.07, 6.45) is 0. The van der Waals surface area contributed by atoms with Crippen molar-refractivity contribution in [3.8, 4) is 0 Å². The number of methoxy groups -OCH3 is 2. The molecule has 0 heterocycles. The quantitative estimate of drug-likeness (QED) is 0.0715. The Hall–Kier alpha value is -1.67. The average molecular weight is 930 g/mol. The van der Waals surface area contributed by atoms with Crippen LogP contribution in [0.25, 0.3) is 0 Å². The molecule has 0 fully saturated rings. The van der Waals surface area contributed by atoms with Crippen molar-refractivity contribution >= 4 is 25.3 Å². The molecule has 0 saturated heterocycles. The van der Waals surface area contributed by atoms with Gasteiger partial charge >= 0.3 is 78.8 Å². The van der Waals surface area contributed by atoms with E-state index in [9.17, 15) is 21.7 Å². The van der Waals surface area contributed by atoms with E-state index in [1.165, 1.54) is 21.4 Å². The number of carbonyl (C=O) groups is 1. The third kappa shape index (κ3) is 16.8. The standard InChI is InChI=1S/C16H16O3.2C7H8I.6FH.Sb/c1-18-16(19-2,14-11-7-4-8-12-14)15(17)13-9-5-3-6-10-13;2*1-8-7-5-3-2-4-6-7;;;;;;;/h3-12H,1-2H3;2*2-6H,1H3;6*1H;/q;2*+1;;;;;;;+5/p-6. The Kier molecular flexibility index (Phi) is 15.5. The van der Waals surface area contributed by atoms with Crippen molar-refractivity contribution in [1.29, 1.82) is 0 Å². The van der Waals surface area contributed by atoms with E-state index in [0.717, 1.165) is 0 Å². The number of benzene rings is 4. The van der Waals surface area contributed by atoms with E-state index in [1.54, 1.807) is 12.1 Å². The maximum absolute atomic E-state index is 12.7. The van der Waals surface area contributed by atoms with Crippen LogP contribution in [0.2, 0.25) is 0 Å². The molecule has 0 unspecified atom stereocenters. The number of ketones is 1. The molecule has 4 rings (SSSR count). The molecule has 0 aliphatic rings. The second kappa shape index (κ2) is 17.0. The minimum absolute atomic E-state index is 0.218. The summed E-state index contributed by atoms with van der Waals surface area (Å²) in [6.45, 7) is 0. The van der Waals surface area contributed by atoms with Crippen LogP contribution in [0.4, 0.5) is 16.9 Å². The van der Waals surface area contributed by atoms with Gasteiger partial charge in [0.1, 0.15) is 9.86 Å². The summed E-state index contributed by atoms with van der Waals surface area (Å²) in [5.41, 5.74) is 1.23. The summed E-state index contributed by atoms with van der Waals surface area (Å²) in [4.78, 5) is 17.2. The fourth-order valence-corrected chi connectivity index (χ4v) is 5.42. The summed E-state index contributed by atoms with van der Waals surface area (Å²) in [7, 11) is 2.94. The van der Waals surface area contributed by atoms with Crippen molar-refractivity contribution in [1.82, 2.24) is 0 Å². The third-order valence-electron chi connectivity index (χ3n) is 4.97. The first-order valence-corrected chi connectivity index (χ1v) is 24.2. The van der Waals surface area contributed by atoms with Gasteiger partial charge in [-0.3, -0.25) is 4.79 Å². The van der Waals surface area contributed by atoms with E-state index < -0.39 is 25.3 Å². The van der Waals surface area contributed by atoms with Gasteiger partial charge in [-0.05, 0) is 24.3 Å². The zero-order valence-electron chi connectivity index (χ0n) is 23.2. The van der Waals surface area contributed by atoms with Gasteiger partial charge in [-0.25, -0.2) is 0 Å². The summed E-state index contributed by atoms with van der Waals surface area (Å²) >= 11 is -10.6. The first-order valence-electron chi connectivity index (χ1n) is 12.0. The van der Waals surface area contributed by atoms with E-state index in [1.807, 2.05) is 48.5 Å². The van der Waals surface area contributed by atoms with Crippen LogP contribution < -0.4 is 42.4 Å². The molecule has 0 spiro atoms. The fourth-order valence-electron chi connectivity index (χ4n) is 3.15. The van der Waals surface area contributed by atoms with E-state index in [4.69, 9.17) is 9.47 Å². The van der Waals surface area contributed by atoms with E-state index >= 15 is 0 Å².